The highest BCUT2D eigenvalue weighted by Gasteiger charge is 2.33. The molecule has 1 aliphatic heterocycles. The summed E-state index contributed by atoms with van der Waals surface area (Å²) in [5, 5.41) is 10.2. The van der Waals surface area contributed by atoms with Gasteiger partial charge in [0.2, 0.25) is 0 Å². The number of aromatic nitrogens is 1. The fraction of sp³-hybridized carbons (Fsp3) is 0.167. The van der Waals surface area contributed by atoms with Gasteiger partial charge in [-0.05, 0) is 23.3 Å². The molecule has 5 nitrogen and oxygen atoms in total. The number of hydrogen-bond donors (Lipinski definition) is 1. The summed E-state index contributed by atoms with van der Waals surface area (Å²) in [5.41, 5.74) is 2.09. The second-order valence-corrected chi connectivity index (χ2v) is 5.21. The van der Waals surface area contributed by atoms with Crippen LogP contribution in [0.1, 0.15) is 11.1 Å². The van der Waals surface area contributed by atoms with Crippen molar-refractivity contribution in [2.24, 2.45) is 4.99 Å². The first kappa shape index (κ1) is 15.0. The minimum atomic E-state index is -0.664. The van der Waals surface area contributed by atoms with Crippen LogP contribution >= 0.6 is 0 Å². The van der Waals surface area contributed by atoms with Gasteiger partial charge in [0.15, 0.2) is 6.10 Å². The molecule has 0 saturated carbocycles. The van der Waals surface area contributed by atoms with Crippen LogP contribution in [-0.2, 0) is 22.5 Å². The molecule has 116 valence electrons. The average Bonchev–Trinajstić information content (AvgIpc) is 2.84. The van der Waals surface area contributed by atoms with Gasteiger partial charge in [-0.3, -0.25) is 9.98 Å². The molecule has 1 aromatic carbocycles. The van der Waals surface area contributed by atoms with E-state index < -0.39 is 12.1 Å². The van der Waals surface area contributed by atoms with Crippen LogP contribution in [-0.4, -0.2) is 28.4 Å². The van der Waals surface area contributed by atoms with Gasteiger partial charge in [-0.1, -0.05) is 30.3 Å². The van der Waals surface area contributed by atoms with Crippen LogP contribution in [0.2, 0.25) is 0 Å². The molecule has 0 spiro atoms. The molecule has 23 heavy (non-hydrogen) atoms. The fourth-order valence-electron chi connectivity index (χ4n) is 2.34. The quantitative estimate of drug-likeness (QED) is 0.681. The summed E-state index contributed by atoms with van der Waals surface area (Å²) in [4.78, 5) is 20.0. The van der Waals surface area contributed by atoms with Crippen molar-refractivity contribution >= 4 is 12.2 Å². The van der Waals surface area contributed by atoms with Crippen molar-refractivity contribution in [1.29, 1.82) is 0 Å². The number of carbonyl (C=O) groups excluding carboxylic acids is 1. The fourth-order valence-corrected chi connectivity index (χ4v) is 2.34. The number of ether oxygens (including phenoxy) is 1. The Morgan fingerprint density at radius 2 is 1.87 bits per heavy atom. The van der Waals surface area contributed by atoms with Crippen LogP contribution in [0.3, 0.4) is 0 Å². The van der Waals surface area contributed by atoms with Gasteiger partial charge in [-0.25, -0.2) is 4.79 Å². The molecule has 2 aromatic rings. The number of aliphatic imine (C=N–C) groups is 1. The van der Waals surface area contributed by atoms with E-state index in [1.165, 1.54) is 6.21 Å². The summed E-state index contributed by atoms with van der Waals surface area (Å²) in [6, 6.07) is 13.3. The first-order valence-corrected chi connectivity index (χ1v) is 7.31. The summed E-state index contributed by atoms with van der Waals surface area (Å²) < 4.78 is 5.22. The van der Waals surface area contributed by atoms with Crippen LogP contribution in [0.25, 0.3) is 0 Å². The van der Waals surface area contributed by atoms with Crippen LogP contribution in [0, 0.1) is 0 Å². The van der Waals surface area contributed by atoms with E-state index in [0.717, 1.165) is 11.1 Å². The summed E-state index contributed by atoms with van der Waals surface area (Å²) in [6.07, 6.45) is 4.46. The van der Waals surface area contributed by atoms with Gasteiger partial charge in [-0.15, -0.1) is 0 Å². The van der Waals surface area contributed by atoms with E-state index in [-0.39, 0.29) is 11.3 Å². The number of carbonyl (C=O) groups is 1. The number of rotatable bonds is 5. The highest BCUT2D eigenvalue weighted by molar-refractivity contribution is 6.11. The predicted molar refractivity (Wildman–Crippen MR) is 86.1 cm³/mol. The van der Waals surface area contributed by atoms with Gasteiger partial charge in [-0.2, -0.15) is 0 Å². The third-order valence-electron chi connectivity index (χ3n) is 3.56. The molecule has 1 atom stereocenters. The lowest BCUT2D eigenvalue weighted by atomic mass is 10.1. The van der Waals surface area contributed by atoms with Gasteiger partial charge in [0.05, 0.1) is 6.54 Å². The molecule has 0 amide bonds. The molecule has 0 aliphatic carbocycles. The summed E-state index contributed by atoms with van der Waals surface area (Å²) in [6.45, 7) is 0.444. The number of aliphatic hydroxyl groups is 1. The number of nitrogens with zero attached hydrogens (tertiary/aromatic N) is 2. The average molecular weight is 308 g/mol. The zero-order valence-electron chi connectivity index (χ0n) is 12.4. The standard InChI is InChI=1S/C18H16N2O3/c21-17-15(12-20-11-14-4-2-1-3-5-14)18(22)23-16(17)10-13-6-8-19-9-7-13/h1-9,12,16,21H,10-11H2. The molecule has 1 unspecified atom stereocenters. The number of esters is 1. The zero-order chi connectivity index (χ0) is 16.1. The largest absolute Gasteiger partial charge is 0.507 e. The molecular weight excluding hydrogens is 292 g/mol. The number of pyridine rings is 1. The lowest BCUT2D eigenvalue weighted by Crippen LogP contribution is -2.14. The maximum atomic E-state index is 11.9. The van der Waals surface area contributed by atoms with Crippen molar-refractivity contribution in [2.45, 2.75) is 19.1 Å². The van der Waals surface area contributed by atoms with E-state index in [2.05, 4.69) is 9.98 Å². The van der Waals surface area contributed by atoms with Crippen molar-refractivity contribution < 1.29 is 14.6 Å². The highest BCUT2D eigenvalue weighted by atomic mass is 16.6. The maximum Gasteiger partial charge on any atom is 0.344 e. The highest BCUT2D eigenvalue weighted by Crippen LogP contribution is 2.22. The first-order valence-electron chi connectivity index (χ1n) is 7.31. The first-order chi connectivity index (χ1) is 11.2. The van der Waals surface area contributed by atoms with E-state index >= 15 is 0 Å². The molecule has 1 aliphatic rings. The number of hydrogen-bond acceptors (Lipinski definition) is 5. The van der Waals surface area contributed by atoms with Gasteiger partial charge < -0.3 is 9.84 Å². The predicted octanol–water partition coefficient (Wildman–Crippen LogP) is 2.63. The maximum absolute atomic E-state index is 11.9. The third-order valence-corrected chi connectivity index (χ3v) is 3.56. The van der Waals surface area contributed by atoms with Crippen LogP contribution in [0.5, 0.6) is 0 Å². The van der Waals surface area contributed by atoms with Crippen LogP contribution in [0.15, 0.2) is 71.2 Å². The van der Waals surface area contributed by atoms with Crippen LogP contribution in [0.4, 0.5) is 0 Å². The second-order valence-electron chi connectivity index (χ2n) is 5.21. The smallest absolute Gasteiger partial charge is 0.344 e. The SMILES string of the molecule is O=C1OC(Cc2ccncc2)C(O)=C1C=NCc1ccccc1. The van der Waals surface area contributed by atoms with Gasteiger partial charge in [0.25, 0.3) is 0 Å². The Morgan fingerprint density at radius 3 is 2.61 bits per heavy atom. The van der Waals surface area contributed by atoms with Crippen molar-refractivity contribution in [3.63, 3.8) is 0 Å². The Labute approximate surface area is 134 Å². The Bertz CT molecular complexity index is 739. The third kappa shape index (κ3) is 3.63. The summed E-state index contributed by atoms with van der Waals surface area (Å²) >= 11 is 0. The van der Waals surface area contributed by atoms with Crippen molar-refractivity contribution in [3.8, 4) is 0 Å². The van der Waals surface area contributed by atoms with Crippen molar-refractivity contribution in [3.05, 3.63) is 77.3 Å². The number of aliphatic hydroxyl groups excluding tert-OH is 1. The molecule has 1 N–H and O–H groups in total. The molecular formula is C18H16N2O3. The minimum absolute atomic E-state index is 0.0661. The van der Waals surface area contributed by atoms with E-state index in [1.807, 2.05) is 42.5 Å². The van der Waals surface area contributed by atoms with Gasteiger partial charge in [0.1, 0.15) is 11.3 Å². The number of benzene rings is 1. The Kier molecular flexibility index (Phi) is 4.47. The van der Waals surface area contributed by atoms with Crippen LogP contribution < -0.4 is 0 Å². The topological polar surface area (TPSA) is 71.8 Å². The summed E-state index contributed by atoms with van der Waals surface area (Å²) in [5.74, 6) is -0.609. The minimum Gasteiger partial charge on any atom is -0.507 e. The van der Waals surface area contributed by atoms with E-state index in [9.17, 15) is 9.90 Å². The monoisotopic (exact) mass is 308 g/mol. The zero-order valence-corrected chi connectivity index (χ0v) is 12.4. The lowest BCUT2D eigenvalue weighted by Gasteiger charge is -2.09. The molecule has 0 fully saturated rings. The Hall–Kier alpha value is -2.95. The normalized spacial score (nSPS) is 17.7. The second kappa shape index (κ2) is 6.87. The van der Waals surface area contributed by atoms with Crippen molar-refractivity contribution in [1.82, 2.24) is 4.98 Å². The number of cyclic esters (lactones) is 1. The lowest BCUT2D eigenvalue weighted by molar-refractivity contribution is -0.139. The van der Waals surface area contributed by atoms with E-state index in [4.69, 9.17) is 4.74 Å². The Morgan fingerprint density at radius 1 is 1.13 bits per heavy atom. The van der Waals surface area contributed by atoms with Crippen molar-refractivity contribution in [2.75, 3.05) is 0 Å². The van der Waals surface area contributed by atoms with Gasteiger partial charge >= 0.3 is 5.97 Å². The molecule has 3 rings (SSSR count). The molecule has 0 radical (unpaired) electrons. The van der Waals surface area contributed by atoms with E-state index in [1.54, 1.807) is 12.4 Å². The molecule has 1 aromatic heterocycles. The van der Waals surface area contributed by atoms with E-state index in [0.29, 0.717) is 13.0 Å². The molecule has 0 bridgehead atoms. The molecule has 0 saturated heterocycles. The molecule has 2 heterocycles. The Balaban J connectivity index is 1.69. The summed E-state index contributed by atoms with van der Waals surface area (Å²) in [7, 11) is 0. The molecule has 5 heteroatoms. The van der Waals surface area contributed by atoms with Gasteiger partial charge in [0, 0.05) is 25.0 Å².